The molecule has 0 amide bonds. The van der Waals surface area contributed by atoms with Gasteiger partial charge in [0.2, 0.25) is 0 Å². The Labute approximate surface area is 210 Å². The number of ketones is 1. The lowest BCUT2D eigenvalue weighted by Gasteiger charge is -2.63. The lowest BCUT2D eigenvalue weighted by Crippen LogP contribution is -2.77. The van der Waals surface area contributed by atoms with E-state index in [2.05, 4.69) is 4.90 Å². The molecule has 2 aromatic carbocycles. The van der Waals surface area contributed by atoms with Crippen LogP contribution in [-0.4, -0.2) is 59.7 Å². The highest BCUT2D eigenvalue weighted by Gasteiger charge is 2.75. The fourth-order valence-corrected chi connectivity index (χ4v) is 7.69. The van der Waals surface area contributed by atoms with E-state index in [0.717, 1.165) is 29.8 Å². The fraction of sp³-hybridized carbons (Fsp3) is 0.517. The number of carbonyl (C=O) groups is 2. The van der Waals surface area contributed by atoms with Crippen LogP contribution in [0.4, 0.5) is 0 Å². The second-order valence-corrected chi connectivity index (χ2v) is 11.1. The third-order valence-corrected chi connectivity index (χ3v) is 9.34. The van der Waals surface area contributed by atoms with Gasteiger partial charge in [0.25, 0.3) is 0 Å². The van der Waals surface area contributed by atoms with Crippen molar-refractivity contribution in [3.8, 4) is 17.2 Å². The number of methoxy groups -OCH3 is 1. The highest BCUT2D eigenvalue weighted by atomic mass is 16.6. The molecule has 1 saturated heterocycles. The highest BCUT2D eigenvalue weighted by molar-refractivity contribution is 5.90. The number of phenolic OH excluding ortho intramolecular Hbond substituents is 1. The average Bonchev–Trinajstić information content (AvgIpc) is 3.61. The Bertz CT molecular complexity index is 1270. The molecule has 2 aliphatic heterocycles. The summed E-state index contributed by atoms with van der Waals surface area (Å²) in [7, 11) is 1.60. The second kappa shape index (κ2) is 7.72. The molecule has 7 rings (SSSR count). The van der Waals surface area contributed by atoms with Crippen LogP contribution in [0, 0.1) is 5.92 Å². The quantitative estimate of drug-likeness (QED) is 0.623. The van der Waals surface area contributed by atoms with Gasteiger partial charge in [0.15, 0.2) is 23.4 Å². The number of nitrogens with zero attached hydrogens (tertiary/aromatic N) is 1. The number of aromatic hydroxyl groups is 1. The van der Waals surface area contributed by atoms with Crippen LogP contribution < -0.4 is 9.47 Å². The molecule has 2 aromatic rings. The number of piperidine rings is 1. The minimum absolute atomic E-state index is 0.0317. The molecule has 3 fully saturated rings. The molecule has 2 saturated carbocycles. The number of ether oxygens (including phenoxy) is 3. The fourth-order valence-electron chi connectivity index (χ4n) is 7.69. The van der Waals surface area contributed by atoms with Crippen LogP contribution >= 0.6 is 0 Å². The van der Waals surface area contributed by atoms with Gasteiger partial charge in [-0.2, -0.15) is 0 Å². The summed E-state index contributed by atoms with van der Waals surface area (Å²) >= 11 is 0. The lowest BCUT2D eigenvalue weighted by molar-refractivity contribution is -0.215. The van der Waals surface area contributed by atoms with E-state index in [1.807, 2.05) is 30.3 Å². The van der Waals surface area contributed by atoms with Crippen LogP contribution in [0.25, 0.3) is 0 Å². The first kappa shape index (κ1) is 22.2. The molecule has 36 heavy (non-hydrogen) atoms. The van der Waals surface area contributed by atoms with E-state index in [9.17, 15) is 14.7 Å². The first-order valence-corrected chi connectivity index (χ1v) is 13.1. The summed E-state index contributed by atoms with van der Waals surface area (Å²) in [6.07, 6.45) is 3.99. The Morgan fingerprint density at radius 3 is 2.83 bits per heavy atom. The molecule has 1 spiro atoms. The predicted octanol–water partition coefficient (Wildman–Crippen LogP) is 3.33. The largest absolute Gasteiger partial charge is 0.504 e. The Balaban J connectivity index is 1.35. The van der Waals surface area contributed by atoms with E-state index in [1.165, 1.54) is 12.8 Å². The minimum atomic E-state index is -0.885. The molecular weight excluding hydrogens is 458 g/mol. The van der Waals surface area contributed by atoms with Crippen LogP contribution in [0.2, 0.25) is 0 Å². The van der Waals surface area contributed by atoms with Crippen LogP contribution in [-0.2, 0) is 32.6 Å². The molecule has 7 heteroatoms. The zero-order valence-corrected chi connectivity index (χ0v) is 20.5. The van der Waals surface area contributed by atoms with Gasteiger partial charge in [-0.1, -0.05) is 24.3 Å². The number of carbonyl (C=O) groups excluding carboxylic acids is 2. The molecule has 188 valence electrons. The van der Waals surface area contributed by atoms with Gasteiger partial charge in [-0.3, -0.25) is 14.5 Å². The number of hydrogen-bond donors (Lipinski definition) is 1. The Morgan fingerprint density at radius 2 is 2.03 bits per heavy atom. The van der Waals surface area contributed by atoms with Gasteiger partial charge in [0.05, 0.1) is 25.0 Å². The van der Waals surface area contributed by atoms with Crippen molar-refractivity contribution < 1.29 is 28.9 Å². The van der Waals surface area contributed by atoms with Gasteiger partial charge in [0.1, 0.15) is 11.4 Å². The van der Waals surface area contributed by atoms with Gasteiger partial charge in [0, 0.05) is 24.1 Å². The summed E-state index contributed by atoms with van der Waals surface area (Å²) in [5.74, 6) is 1.53. The summed E-state index contributed by atoms with van der Waals surface area (Å²) in [5.41, 5.74) is 1.11. The third kappa shape index (κ3) is 2.89. The van der Waals surface area contributed by atoms with Crippen molar-refractivity contribution in [2.75, 3.05) is 20.2 Å². The maximum atomic E-state index is 13.7. The first-order valence-electron chi connectivity index (χ1n) is 13.1. The van der Waals surface area contributed by atoms with Crippen LogP contribution in [0.3, 0.4) is 0 Å². The van der Waals surface area contributed by atoms with Crippen molar-refractivity contribution in [3.05, 3.63) is 53.1 Å². The molecule has 7 nitrogen and oxygen atoms in total. The van der Waals surface area contributed by atoms with Gasteiger partial charge >= 0.3 is 5.97 Å². The maximum absolute atomic E-state index is 13.7. The first-order chi connectivity index (χ1) is 17.5. The van der Waals surface area contributed by atoms with Crippen LogP contribution in [0.1, 0.15) is 48.8 Å². The van der Waals surface area contributed by atoms with E-state index < -0.39 is 17.1 Å². The third-order valence-electron chi connectivity index (χ3n) is 9.34. The number of phenols is 1. The Hall–Kier alpha value is -3.06. The lowest BCUT2D eigenvalue weighted by atomic mass is 9.48. The van der Waals surface area contributed by atoms with Crippen LogP contribution in [0.5, 0.6) is 17.2 Å². The summed E-state index contributed by atoms with van der Waals surface area (Å²) in [4.78, 5) is 29.5. The number of para-hydroxylation sites is 1. The minimum Gasteiger partial charge on any atom is -0.504 e. The highest BCUT2D eigenvalue weighted by Crippen LogP contribution is 2.66. The van der Waals surface area contributed by atoms with E-state index in [1.54, 1.807) is 13.2 Å². The number of likely N-dealkylation sites (tertiary alicyclic amines) is 1. The molecule has 2 heterocycles. The number of Topliss-reactive ketones (excluding diaryl/α,β-unsaturated/α-hetero) is 1. The molecule has 3 aliphatic carbocycles. The smallest absolute Gasteiger partial charge is 0.311 e. The molecule has 5 aliphatic rings. The van der Waals surface area contributed by atoms with E-state index in [0.29, 0.717) is 43.1 Å². The SMILES string of the molecule is COc1ccccc1CC(=O)O[C@@]12CCC(=O)[C@@H]3Oc4c(O)ccc5c4C31CCN(CC1CC1)C2C5. The Morgan fingerprint density at radius 1 is 1.19 bits per heavy atom. The van der Waals surface area contributed by atoms with Gasteiger partial charge in [-0.25, -0.2) is 0 Å². The summed E-state index contributed by atoms with van der Waals surface area (Å²) in [5, 5.41) is 10.7. The normalized spacial score (nSPS) is 32.0. The topological polar surface area (TPSA) is 85.3 Å². The molecule has 2 unspecified atom stereocenters. The number of hydrogen-bond acceptors (Lipinski definition) is 7. The maximum Gasteiger partial charge on any atom is 0.311 e. The Kier molecular flexibility index (Phi) is 4.75. The second-order valence-electron chi connectivity index (χ2n) is 11.1. The summed E-state index contributed by atoms with van der Waals surface area (Å²) in [6.45, 7) is 1.82. The molecule has 0 radical (unpaired) electrons. The zero-order chi connectivity index (χ0) is 24.7. The molecule has 0 aromatic heterocycles. The van der Waals surface area contributed by atoms with Crippen molar-refractivity contribution in [2.45, 2.75) is 68.1 Å². The van der Waals surface area contributed by atoms with Crippen LogP contribution in [0.15, 0.2) is 36.4 Å². The van der Waals surface area contributed by atoms with Crippen molar-refractivity contribution in [1.29, 1.82) is 0 Å². The van der Waals surface area contributed by atoms with Gasteiger partial charge in [-0.15, -0.1) is 0 Å². The van der Waals surface area contributed by atoms with Crippen molar-refractivity contribution in [2.24, 2.45) is 5.92 Å². The predicted molar refractivity (Wildman–Crippen MR) is 130 cm³/mol. The average molecular weight is 490 g/mol. The standard InChI is InChI=1S/C29H31NO6/c1-34-22-5-3-2-4-18(22)15-24(33)36-29-11-10-21(32)27-28(29)12-13-30(16-17-6-7-17)23(29)14-19-8-9-20(31)26(35-27)25(19)28/h2-5,8-9,17,23,27,31H,6-7,10-16H2,1H3/t23?,27-,28?,29+/m0/s1. The number of esters is 1. The number of benzene rings is 2. The van der Waals surface area contributed by atoms with Gasteiger partial charge in [-0.05, 0) is 62.3 Å². The molecular formula is C29H31NO6. The summed E-state index contributed by atoms with van der Waals surface area (Å²) in [6, 6.07) is 11.1. The monoisotopic (exact) mass is 489 g/mol. The zero-order valence-electron chi connectivity index (χ0n) is 20.5. The van der Waals surface area contributed by atoms with Crippen molar-refractivity contribution >= 4 is 11.8 Å². The number of rotatable bonds is 6. The van der Waals surface area contributed by atoms with E-state index in [-0.39, 0.29) is 30.0 Å². The van der Waals surface area contributed by atoms with Gasteiger partial charge < -0.3 is 19.3 Å². The summed E-state index contributed by atoms with van der Waals surface area (Å²) < 4.78 is 18.4. The van der Waals surface area contributed by atoms with Crippen molar-refractivity contribution in [3.63, 3.8) is 0 Å². The molecule has 4 atom stereocenters. The van der Waals surface area contributed by atoms with E-state index in [4.69, 9.17) is 14.2 Å². The molecule has 2 bridgehead atoms. The molecule has 1 N–H and O–H groups in total. The van der Waals surface area contributed by atoms with E-state index >= 15 is 0 Å². The van der Waals surface area contributed by atoms with Crippen molar-refractivity contribution in [1.82, 2.24) is 4.90 Å².